The molecule has 0 radical (unpaired) electrons. The Labute approximate surface area is 172 Å². The largest absolute Gasteiger partial charge is 0.495 e. The standard InChI is InChI=1S/C19H21BrN2O5S/c1-13-12-22(9-10-27-13)19(23)14-3-8-17(26-2)18(11-14)28(24,25)21-16-6-4-15(20)5-7-16/h3-8,11,13,21H,9-10,12H2,1-2H3/t13-/m0/s1. The normalized spacial score (nSPS) is 17.2. The number of amides is 1. The molecule has 2 aromatic carbocycles. The third-order valence-electron chi connectivity index (χ3n) is 4.32. The molecule has 150 valence electrons. The lowest BCUT2D eigenvalue weighted by molar-refractivity contribution is -0.0124. The predicted octanol–water partition coefficient (Wildman–Crippen LogP) is 3.12. The van der Waals surface area contributed by atoms with Gasteiger partial charge in [0.2, 0.25) is 0 Å². The Morgan fingerprint density at radius 3 is 2.61 bits per heavy atom. The smallest absolute Gasteiger partial charge is 0.265 e. The van der Waals surface area contributed by atoms with Gasteiger partial charge in [0.05, 0.1) is 19.8 Å². The number of hydrogen-bond acceptors (Lipinski definition) is 5. The summed E-state index contributed by atoms with van der Waals surface area (Å²) in [6, 6.07) is 11.1. The van der Waals surface area contributed by atoms with E-state index >= 15 is 0 Å². The summed E-state index contributed by atoms with van der Waals surface area (Å²) in [5.41, 5.74) is 0.690. The SMILES string of the molecule is COc1ccc(C(=O)N2CCO[C@@H](C)C2)cc1S(=O)(=O)Nc1ccc(Br)cc1. The number of hydrogen-bond donors (Lipinski definition) is 1. The number of sulfonamides is 1. The zero-order valence-corrected chi connectivity index (χ0v) is 17.9. The van der Waals surface area contributed by atoms with Crippen molar-refractivity contribution in [2.24, 2.45) is 0 Å². The Morgan fingerprint density at radius 2 is 1.96 bits per heavy atom. The van der Waals surface area contributed by atoms with Crippen LogP contribution in [-0.4, -0.2) is 52.1 Å². The number of rotatable bonds is 5. The molecule has 0 spiro atoms. The van der Waals surface area contributed by atoms with Crippen LogP contribution in [0.4, 0.5) is 5.69 Å². The minimum atomic E-state index is -3.95. The molecule has 1 aliphatic heterocycles. The van der Waals surface area contributed by atoms with Crippen LogP contribution in [0, 0.1) is 0 Å². The Kier molecular flexibility index (Phi) is 6.26. The molecule has 3 rings (SSSR count). The summed E-state index contributed by atoms with van der Waals surface area (Å²) < 4.78 is 39.9. The van der Waals surface area contributed by atoms with E-state index in [9.17, 15) is 13.2 Å². The van der Waals surface area contributed by atoms with Crippen molar-refractivity contribution in [1.29, 1.82) is 0 Å². The monoisotopic (exact) mass is 468 g/mol. The highest BCUT2D eigenvalue weighted by Gasteiger charge is 2.26. The highest BCUT2D eigenvalue weighted by Crippen LogP contribution is 2.28. The van der Waals surface area contributed by atoms with E-state index in [1.54, 1.807) is 35.2 Å². The molecule has 2 aromatic rings. The summed E-state index contributed by atoms with van der Waals surface area (Å²) in [5.74, 6) is -0.0746. The van der Waals surface area contributed by atoms with E-state index in [1.807, 2.05) is 6.92 Å². The van der Waals surface area contributed by atoms with Crippen molar-refractivity contribution in [3.8, 4) is 5.75 Å². The molecule has 0 unspecified atom stereocenters. The Morgan fingerprint density at radius 1 is 1.25 bits per heavy atom. The third kappa shape index (κ3) is 4.65. The van der Waals surface area contributed by atoms with Crippen LogP contribution in [-0.2, 0) is 14.8 Å². The van der Waals surface area contributed by atoms with Crippen molar-refractivity contribution in [3.05, 3.63) is 52.5 Å². The van der Waals surface area contributed by atoms with Crippen LogP contribution in [0.1, 0.15) is 17.3 Å². The number of nitrogens with one attached hydrogen (secondary N) is 1. The lowest BCUT2D eigenvalue weighted by Gasteiger charge is -2.31. The average Bonchev–Trinajstić information content (AvgIpc) is 2.68. The third-order valence-corrected chi connectivity index (χ3v) is 6.26. The van der Waals surface area contributed by atoms with E-state index in [1.165, 1.54) is 19.2 Å². The van der Waals surface area contributed by atoms with Gasteiger partial charge in [-0.3, -0.25) is 9.52 Å². The molecule has 0 saturated carbocycles. The van der Waals surface area contributed by atoms with E-state index in [-0.39, 0.29) is 28.2 Å². The predicted molar refractivity (Wildman–Crippen MR) is 109 cm³/mol. The van der Waals surface area contributed by atoms with Gasteiger partial charge in [-0.1, -0.05) is 15.9 Å². The first-order valence-corrected chi connectivity index (χ1v) is 10.9. The van der Waals surface area contributed by atoms with Crippen molar-refractivity contribution in [3.63, 3.8) is 0 Å². The van der Waals surface area contributed by atoms with Gasteiger partial charge in [-0.2, -0.15) is 0 Å². The van der Waals surface area contributed by atoms with E-state index < -0.39 is 10.0 Å². The number of nitrogens with zero attached hydrogens (tertiary/aromatic N) is 1. The van der Waals surface area contributed by atoms with Gasteiger partial charge in [0.25, 0.3) is 15.9 Å². The molecular weight excluding hydrogens is 448 g/mol. The minimum Gasteiger partial charge on any atom is -0.495 e. The molecule has 1 atom stereocenters. The van der Waals surface area contributed by atoms with Gasteiger partial charge >= 0.3 is 0 Å². The maximum atomic E-state index is 12.9. The van der Waals surface area contributed by atoms with Gasteiger partial charge in [-0.15, -0.1) is 0 Å². The summed E-state index contributed by atoms with van der Waals surface area (Å²) in [4.78, 5) is 14.4. The zero-order valence-electron chi connectivity index (χ0n) is 15.5. The zero-order chi connectivity index (χ0) is 20.3. The van der Waals surface area contributed by atoms with E-state index in [2.05, 4.69) is 20.7 Å². The second-order valence-electron chi connectivity index (χ2n) is 6.41. The molecule has 1 aliphatic rings. The van der Waals surface area contributed by atoms with Crippen LogP contribution in [0.3, 0.4) is 0 Å². The van der Waals surface area contributed by atoms with Crippen molar-refractivity contribution in [2.75, 3.05) is 31.5 Å². The van der Waals surface area contributed by atoms with Gasteiger partial charge in [0.1, 0.15) is 10.6 Å². The minimum absolute atomic E-state index is 0.0572. The molecule has 1 fully saturated rings. The number of anilines is 1. The van der Waals surface area contributed by atoms with Crippen LogP contribution >= 0.6 is 15.9 Å². The van der Waals surface area contributed by atoms with Crippen LogP contribution in [0.2, 0.25) is 0 Å². The lowest BCUT2D eigenvalue weighted by Crippen LogP contribution is -2.44. The molecule has 1 saturated heterocycles. The number of halogens is 1. The second kappa shape index (κ2) is 8.50. The molecule has 28 heavy (non-hydrogen) atoms. The van der Waals surface area contributed by atoms with Crippen molar-refractivity contribution in [1.82, 2.24) is 4.90 Å². The first kappa shape index (κ1) is 20.6. The van der Waals surface area contributed by atoms with Gasteiger partial charge in [-0.05, 0) is 49.4 Å². The van der Waals surface area contributed by atoms with Gasteiger partial charge in [0.15, 0.2) is 0 Å². The quantitative estimate of drug-likeness (QED) is 0.728. The van der Waals surface area contributed by atoms with E-state index in [0.29, 0.717) is 25.4 Å². The molecular formula is C19H21BrN2O5S. The fraction of sp³-hybridized carbons (Fsp3) is 0.316. The molecule has 1 amide bonds. The molecule has 1 heterocycles. The Hall–Kier alpha value is -2.10. The number of morpholine rings is 1. The van der Waals surface area contributed by atoms with E-state index in [0.717, 1.165) is 4.47 Å². The molecule has 1 N–H and O–H groups in total. The first-order valence-electron chi connectivity index (χ1n) is 8.67. The summed E-state index contributed by atoms with van der Waals surface area (Å²) in [6.45, 7) is 3.28. The lowest BCUT2D eigenvalue weighted by atomic mass is 10.1. The van der Waals surface area contributed by atoms with Crippen LogP contribution in [0.25, 0.3) is 0 Å². The molecule has 7 nitrogen and oxygen atoms in total. The van der Waals surface area contributed by atoms with Gasteiger partial charge < -0.3 is 14.4 Å². The molecule has 9 heteroatoms. The summed E-state index contributed by atoms with van der Waals surface area (Å²) in [7, 11) is -2.56. The van der Waals surface area contributed by atoms with Crippen LogP contribution < -0.4 is 9.46 Å². The molecule has 0 bridgehead atoms. The number of carbonyl (C=O) groups is 1. The highest BCUT2D eigenvalue weighted by molar-refractivity contribution is 9.10. The van der Waals surface area contributed by atoms with E-state index in [4.69, 9.17) is 9.47 Å². The number of benzene rings is 2. The summed E-state index contributed by atoms with van der Waals surface area (Å²) in [5, 5.41) is 0. The number of carbonyl (C=O) groups excluding carboxylic acids is 1. The van der Waals surface area contributed by atoms with Gasteiger partial charge in [0, 0.05) is 28.8 Å². The molecule has 0 aliphatic carbocycles. The fourth-order valence-corrected chi connectivity index (χ4v) is 4.45. The Bertz CT molecular complexity index is 963. The van der Waals surface area contributed by atoms with Gasteiger partial charge in [-0.25, -0.2) is 8.42 Å². The maximum Gasteiger partial charge on any atom is 0.265 e. The van der Waals surface area contributed by atoms with Crippen molar-refractivity contribution in [2.45, 2.75) is 17.9 Å². The fourth-order valence-electron chi connectivity index (χ4n) is 2.93. The van der Waals surface area contributed by atoms with Crippen molar-refractivity contribution >= 4 is 37.5 Å². The first-order chi connectivity index (χ1) is 13.3. The maximum absolute atomic E-state index is 12.9. The molecule has 0 aromatic heterocycles. The number of ether oxygens (including phenoxy) is 2. The summed E-state index contributed by atoms with van der Waals surface area (Å²) >= 11 is 3.31. The number of methoxy groups -OCH3 is 1. The van der Waals surface area contributed by atoms with Crippen LogP contribution in [0.5, 0.6) is 5.75 Å². The average molecular weight is 469 g/mol. The summed E-state index contributed by atoms with van der Waals surface area (Å²) in [6.07, 6.45) is -0.0572. The Balaban J connectivity index is 1.92. The topological polar surface area (TPSA) is 84.9 Å². The van der Waals surface area contributed by atoms with Crippen LogP contribution in [0.15, 0.2) is 51.8 Å². The second-order valence-corrected chi connectivity index (χ2v) is 8.98. The van der Waals surface area contributed by atoms with Crippen molar-refractivity contribution < 1.29 is 22.7 Å². The highest BCUT2D eigenvalue weighted by atomic mass is 79.9.